The van der Waals surface area contributed by atoms with Gasteiger partial charge in [0.15, 0.2) is 0 Å². The molecular weight excluding hydrogens is 252 g/mol. The lowest BCUT2D eigenvalue weighted by atomic mass is 10.1. The van der Waals surface area contributed by atoms with E-state index in [1.807, 2.05) is 37.3 Å². The molecule has 0 saturated heterocycles. The molecule has 1 unspecified atom stereocenters. The number of aromatic nitrogens is 2. The second-order valence-electron chi connectivity index (χ2n) is 5.04. The van der Waals surface area contributed by atoms with Crippen molar-refractivity contribution >= 4 is 5.91 Å². The van der Waals surface area contributed by atoms with E-state index in [1.54, 1.807) is 29.0 Å². The van der Waals surface area contributed by atoms with Gasteiger partial charge < -0.3 is 10.6 Å². The van der Waals surface area contributed by atoms with Gasteiger partial charge in [0.1, 0.15) is 0 Å². The Bertz CT molecular complexity index is 564. The lowest BCUT2D eigenvalue weighted by Gasteiger charge is -2.19. The Kier molecular flexibility index (Phi) is 4.53. The molecule has 2 aromatic rings. The van der Waals surface area contributed by atoms with Crippen LogP contribution in [0.5, 0.6) is 0 Å². The van der Waals surface area contributed by atoms with Gasteiger partial charge in [0.2, 0.25) is 0 Å². The molecular formula is C15H20N4O. The molecule has 5 nitrogen and oxygen atoms in total. The predicted molar refractivity (Wildman–Crippen MR) is 78.7 cm³/mol. The molecule has 0 spiro atoms. The van der Waals surface area contributed by atoms with Gasteiger partial charge in [-0.15, -0.1) is 0 Å². The van der Waals surface area contributed by atoms with Crippen LogP contribution < -0.4 is 5.73 Å². The van der Waals surface area contributed by atoms with Gasteiger partial charge in [-0.3, -0.25) is 4.79 Å². The summed E-state index contributed by atoms with van der Waals surface area (Å²) in [5.74, 6) is 0.251. The van der Waals surface area contributed by atoms with E-state index >= 15 is 0 Å². The minimum absolute atomic E-state index is 0.0347. The van der Waals surface area contributed by atoms with Gasteiger partial charge in [-0.05, 0) is 24.6 Å². The maximum Gasteiger partial charge on any atom is 0.256 e. The lowest BCUT2D eigenvalue weighted by Crippen LogP contribution is -2.33. The molecule has 0 aliphatic heterocycles. The lowest BCUT2D eigenvalue weighted by molar-refractivity contribution is 0.0777. The number of hydrogen-bond acceptors (Lipinski definition) is 3. The number of carbonyl (C=O) groups excluding carboxylic acids is 1. The molecule has 106 valence electrons. The Hall–Kier alpha value is -2.14. The highest BCUT2D eigenvalue weighted by molar-refractivity contribution is 5.93. The first kappa shape index (κ1) is 14.3. The smallest absolute Gasteiger partial charge is 0.256 e. The maximum atomic E-state index is 12.3. The molecule has 1 amide bonds. The van der Waals surface area contributed by atoms with Crippen molar-refractivity contribution in [3.8, 4) is 5.69 Å². The van der Waals surface area contributed by atoms with Crippen LogP contribution >= 0.6 is 0 Å². The summed E-state index contributed by atoms with van der Waals surface area (Å²) in [6.07, 6.45) is 3.35. The molecule has 0 radical (unpaired) electrons. The van der Waals surface area contributed by atoms with Crippen LogP contribution in [0.1, 0.15) is 17.3 Å². The number of nitrogens with two attached hydrogens (primary N) is 1. The normalized spacial score (nSPS) is 12.2. The van der Waals surface area contributed by atoms with Gasteiger partial charge in [-0.1, -0.05) is 25.1 Å². The zero-order chi connectivity index (χ0) is 14.5. The summed E-state index contributed by atoms with van der Waals surface area (Å²) < 4.78 is 1.70. The van der Waals surface area contributed by atoms with Crippen molar-refractivity contribution in [2.45, 2.75) is 6.92 Å². The fraction of sp³-hybridized carbons (Fsp3) is 0.333. The highest BCUT2D eigenvalue weighted by atomic mass is 16.2. The van der Waals surface area contributed by atoms with E-state index in [4.69, 9.17) is 5.73 Å². The monoisotopic (exact) mass is 272 g/mol. The molecule has 2 N–H and O–H groups in total. The minimum atomic E-state index is -0.0347. The summed E-state index contributed by atoms with van der Waals surface area (Å²) in [5, 5.41) is 4.23. The molecule has 0 aliphatic carbocycles. The van der Waals surface area contributed by atoms with Gasteiger partial charge in [0, 0.05) is 19.8 Å². The van der Waals surface area contributed by atoms with Crippen LogP contribution in [-0.2, 0) is 0 Å². The van der Waals surface area contributed by atoms with Crippen LogP contribution in [0.15, 0.2) is 42.7 Å². The van der Waals surface area contributed by atoms with Crippen LogP contribution in [0, 0.1) is 5.92 Å². The first-order valence-electron chi connectivity index (χ1n) is 6.67. The summed E-state index contributed by atoms with van der Waals surface area (Å²) in [6.45, 7) is 3.24. The third-order valence-corrected chi connectivity index (χ3v) is 3.18. The van der Waals surface area contributed by atoms with E-state index in [-0.39, 0.29) is 11.8 Å². The third kappa shape index (κ3) is 3.24. The standard InChI is InChI=1S/C15H20N4O/c1-12(8-16)10-18(2)15(20)13-9-17-19(11-13)14-6-4-3-5-7-14/h3-7,9,11-12H,8,10,16H2,1-2H3. The van der Waals surface area contributed by atoms with Crippen LogP contribution in [-0.4, -0.2) is 40.7 Å². The number of benzene rings is 1. The Morgan fingerprint density at radius 3 is 2.75 bits per heavy atom. The van der Waals surface area contributed by atoms with E-state index in [2.05, 4.69) is 5.10 Å². The van der Waals surface area contributed by atoms with E-state index in [9.17, 15) is 4.79 Å². The molecule has 0 aliphatic rings. The number of hydrogen-bond donors (Lipinski definition) is 1. The fourth-order valence-corrected chi connectivity index (χ4v) is 2.00. The summed E-state index contributed by atoms with van der Waals surface area (Å²) >= 11 is 0. The Morgan fingerprint density at radius 2 is 2.10 bits per heavy atom. The van der Waals surface area contributed by atoms with Gasteiger partial charge >= 0.3 is 0 Å². The topological polar surface area (TPSA) is 64.2 Å². The molecule has 0 saturated carbocycles. The molecule has 1 aromatic carbocycles. The average Bonchev–Trinajstić information content (AvgIpc) is 2.97. The van der Waals surface area contributed by atoms with Crippen molar-refractivity contribution in [2.24, 2.45) is 11.7 Å². The van der Waals surface area contributed by atoms with Crippen LogP contribution in [0.2, 0.25) is 0 Å². The summed E-state index contributed by atoms with van der Waals surface area (Å²) in [7, 11) is 1.79. The van der Waals surface area contributed by atoms with E-state index in [1.165, 1.54) is 0 Å². The highest BCUT2D eigenvalue weighted by Gasteiger charge is 2.15. The molecule has 0 bridgehead atoms. The van der Waals surface area contributed by atoms with Crippen molar-refractivity contribution in [1.82, 2.24) is 14.7 Å². The van der Waals surface area contributed by atoms with Gasteiger partial charge in [0.05, 0.1) is 17.4 Å². The number of carbonyl (C=O) groups is 1. The fourth-order valence-electron chi connectivity index (χ4n) is 2.00. The van der Waals surface area contributed by atoms with Gasteiger partial charge in [-0.25, -0.2) is 4.68 Å². The zero-order valence-electron chi connectivity index (χ0n) is 11.9. The molecule has 20 heavy (non-hydrogen) atoms. The molecule has 2 rings (SSSR count). The SMILES string of the molecule is CC(CN)CN(C)C(=O)c1cnn(-c2ccccc2)c1. The third-order valence-electron chi connectivity index (χ3n) is 3.18. The average molecular weight is 272 g/mol. The Morgan fingerprint density at radius 1 is 1.40 bits per heavy atom. The first-order valence-corrected chi connectivity index (χ1v) is 6.67. The predicted octanol–water partition coefficient (Wildman–Crippen LogP) is 1.54. The van der Waals surface area contributed by atoms with Gasteiger partial charge in [-0.2, -0.15) is 5.10 Å². The maximum absolute atomic E-state index is 12.3. The molecule has 1 aromatic heterocycles. The number of nitrogens with zero attached hydrogens (tertiary/aromatic N) is 3. The van der Waals surface area contributed by atoms with Crippen molar-refractivity contribution in [3.05, 3.63) is 48.3 Å². The second-order valence-corrected chi connectivity index (χ2v) is 5.04. The first-order chi connectivity index (χ1) is 9.61. The highest BCUT2D eigenvalue weighted by Crippen LogP contribution is 2.10. The second kappa shape index (κ2) is 6.34. The largest absolute Gasteiger partial charge is 0.341 e. The van der Waals surface area contributed by atoms with Crippen LogP contribution in [0.25, 0.3) is 5.69 Å². The van der Waals surface area contributed by atoms with E-state index in [0.717, 1.165) is 5.69 Å². The molecule has 5 heteroatoms. The Labute approximate surface area is 119 Å². The molecule has 1 heterocycles. The summed E-state index contributed by atoms with van der Waals surface area (Å²) in [4.78, 5) is 14.0. The molecule has 1 atom stereocenters. The van der Waals surface area contributed by atoms with Crippen LogP contribution in [0.3, 0.4) is 0 Å². The van der Waals surface area contributed by atoms with Crippen molar-refractivity contribution in [1.29, 1.82) is 0 Å². The minimum Gasteiger partial charge on any atom is -0.341 e. The van der Waals surface area contributed by atoms with Crippen molar-refractivity contribution in [2.75, 3.05) is 20.1 Å². The van der Waals surface area contributed by atoms with E-state index in [0.29, 0.717) is 18.7 Å². The number of amides is 1. The molecule has 0 fully saturated rings. The van der Waals surface area contributed by atoms with Crippen LogP contribution in [0.4, 0.5) is 0 Å². The van der Waals surface area contributed by atoms with Gasteiger partial charge in [0.25, 0.3) is 5.91 Å². The Balaban J connectivity index is 2.11. The quantitative estimate of drug-likeness (QED) is 0.898. The number of rotatable bonds is 5. The van der Waals surface area contributed by atoms with E-state index < -0.39 is 0 Å². The summed E-state index contributed by atoms with van der Waals surface area (Å²) in [5.41, 5.74) is 7.10. The summed E-state index contributed by atoms with van der Waals surface area (Å²) in [6, 6.07) is 9.71. The number of para-hydroxylation sites is 1. The van der Waals surface area contributed by atoms with Crippen molar-refractivity contribution < 1.29 is 4.79 Å². The van der Waals surface area contributed by atoms with Crippen molar-refractivity contribution in [3.63, 3.8) is 0 Å². The zero-order valence-corrected chi connectivity index (χ0v) is 11.9.